The van der Waals surface area contributed by atoms with Crippen molar-refractivity contribution in [2.45, 2.75) is 38.5 Å². The molecule has 0 aliphatic heterocycles. The lowest BCUT2D eigenvalue weighted by atomic mass is 9.82. The van der Waals surface area contributed by atoms with E-state index in [0.717, 1.165) is 66.5 Å². The summed E-state index contributed by atoms with van der Waals surface area (Å²) in [7, 11) is 0. The van der Waals surface area contributed by atoms with E-state index in [1.807, 2.05) is 6.07 Å². The van der Waals surface area contributed by atoms with Crippen molar-refractivity contribution in [3.05, 3.63) is 186 Å². The third-order valence-electron chi connectivity index (χ3n) is 13.1. The maximum atomic E-state index is 6.76. The first-order chi connectivity index (χ1) is 27.7. The van der Waals surface area contributed by atoms with Gasteiger partial charge in [-0.3, -0.25) is 0 Å². The third-order valence-corrected chi connectivity index (χ3v) is 13.1. The highest BCUT2D eigenvalue weighted by Gasteiger charge is 2.37. The molecular weight excluding hydrogens is 695 g/mol. The van der Waals surface area contributed by atoms with E-state index in [0.29, 0.717) is 0 Å². The van der Waals surface area contributed by atoms with Crippen LogP contribution >= 0.6 is 0 Å². The number of nitrogens with zero attached hydrogens (tertiary/aromatic N) is 1. The zero-order valence-electron chi connectivity index (χ0n) is 32.4. The van der Waals surface area contributed by atoms with Gasteiger partial charge in [-0.1, -0.05) is 125 Å². The molecule has 3 heteroatoms. The summed E-state index contributed by atoms with van der Waals surface area (Å²) in [5.41, 5.74) is 19.5. The fraction of sp³-hybridized carbons (Fsp3) is 0.111. The molecule has 2 aromatic heterocycles. The zero-order chi connectivity index (χ0) is 38.2. The number of rotatable bonds is 4. The minimum Gasteiger partial charge on any atom is -0.456 e. The predicted octanol–water partition coefficient (Wildman–Crippen LogP) is 15.2. The van der Waals surface area contributed by atoms with Crippen molar-refractivity contribution in [1.82, 2.24) is 0 Å². The van der Waals surface area contributed by atoms with E-state index in [2.05, 4.69) is 190 Å². The first-order valence-electron chi connectivity index (χ1n) is 19.9. The van der Waals surface area contributed by atoms with E-state index in [1.165, 1.54) is 50.1 Å². The number of anilines is 3. The number of hydrogen-bond acceptors (Lipinski definition) is 3. The van der Waals surface area contributed by atoms with Gasteiger partial charge in [-0.05, 0) is 116 Å². The molecule has 272 valence electrons. The molecule has 0 bridgehead atoms. The van der Waals surface area contributed by atoms with Crippen molar-refractivity contribution in [1.29, 1.82) is 0 Å². The van der Waals surface area contributed by atoms with Crippen LogP contribution < -0.4 is 4.90 Å². The lowest BCUT2D eigenvalue weighted by molar-refractivity contribution is 0.660. The van der Waals surface area contributed by atoms with Crippen molar-refractivity contribution in [2.24, 2.45) is 0 Å². The summed E-state index contributed by atoms with van der Waals surface area (Å²) in [6, 6.07) is 59.6. The lowest BCUT2D eigenvalue weighted by Gasteiger charge is -2.29. The average molecular weight is 734 g/mol. The second kappa shape index (κ2) is 11.4. The van der Waals surface area contributed by atoms with Crippen LogP contribution in [0.4, 0.5) is 17.1 Å². The molecule has 3 nitrogen and oxygen atoms in total. The molecule has 57 heavy (non-hydrogen) atoms. The summed E-state index contributed by atoms with van der Waals surface area (Å²) >= 11 is 0. The van der Waals surface area contributed by atoms with E-state index >= 15 is 0 Å². The number of hydrogen-bond donors (Lipinski definition) is 0. The van der Waals surface area contributed by atoms with Crippen LogP contribution in [-0.4, -0.2) is 0 Å². The molecule has 2 aliphatic rings. The summed E-state index contributed by atoms with van der Waals surface area (Å²) in [6.45, 7) is 9.40. The van der Waals surface area contributed by atoms with Gasteiger partial charge in [0.15, 0.2) is 0 Å². The van der Waals surface area contributed by atoms with Crippen LogP contribution in [-0.2, 0) is 10.8 Å². The maximum Gasteiger partial charge on any atom is 0.137 e. The Labute approximate surface area is 331 Å². The summed E-state index contributed by atoms with van der Waals surface area (Å²) in [5, 5.41) is 4.26. The predicted molar refractivity (Wildman–Crippen MR) is 236 cm³/mol. The number of furan rings is 2. The normalized spacial score (nSPS) is 14.6. The van der Waals surface area contributed by atoms with E-state index in [-0.39, 0.29) is 10.8 Å². The molecule has 0 spiro atoms. The number of fused-ring (bicyclic) bond motifs is 12. The molecule has 0 unspecified atom stereocenters. The van der Waals surface area contributed by atoms with Crippen LogP contribution in [0, 0.1) is 0 Å². The van der Waals surface area contributed by atoms with E-state index in [4.69, 9.17) is 8.83 Å². The minimum absolute atomic E-state index is 0.123. The molecule has 8 aromatic carbocycles. The van der Waals surface area contributed by atoms with Gasteiger partial charge in [-0.25, -0.2) is 0 Å². The second-order valence-corrected chi connectivity index (χ2v) is 16.9. The highest BCUT2D eigenvalue weighted by Crippen LogP contribution is 2.53. The highest BCUT2D eigenvalue weighted by molar-refractivity contribution is 6.15. The van der Waals surface area contributed by atoms with Gasteiger partial charge in [0.25, 0.3) is 0 Å². The van der Waals surface area contributed by atoms with Crippen LogP contribution in [0.15, 0.2) is 173 Å². The van der Waals surface area contributed by atoms with Crippen molar-refractivity contribution in [2.75, 3.05) is 4.90 Å². The van der Waals surface area contributed by atoms with Crippen molar-refractivity contribution in [3.63, 3.8) is 0 Å². The third kappa shape index (κ3) is 4.54. The molecule has 0 saturated carbocycles. The minimum atomic E-state index is -0.123. The van der Waals surface area contributed by atoms with Crippen LogP contribution in [0.1, 0.15) is 49.9 Å². The van der Waals surface area contributed by atoms with Crippen LogP contribution in [0.3, 0.4) is 0 Å². The summed E-state index contributed by atoms with van der Waals surface area (Å²) in [4.78, 5) is 2.41. The smallest absolute Gasteiger partial charge is 0.137 e. The molecular formula is C54H39NO2. The monoisotopic (exact) mass is 733 g/mol. The Morgan fingerprint density at radius 2 is 0.772 bits per heavy atom. The Hall–Kier alpha value is -6.84. The molecule has 0 atom stereocenters. The molecule has 0 amide bonds. The van der Waals surface area contributed by atoms with Gasteiger partial charge in [0, 0.05) is 55.5 Å². The molecule has 2 aliphatic carbocycles. The Morgan fingerprint density at radius 1 is 0.333 bits per heavy atom. The van der Waals surface area contributed by atoms with Gasteiger partial charge in [-0.15, -0.1) is 0 Å². The van der Waals surface area contributed by atoms with Crippen LogP contribution in [0.2, 0.25) is 0 Å². The largest absolute Gasteiger partial charge is 0.456 e. The molecule has 0 fully saturated rings. The Kier molecular flexibility index (Phi) is 6.46. The van der Waals surface area contributed by atoms with Crippen molar-refractivity contribution < 1.29 is 8.83 Å². The molecule has 2 heterocycles. The topological polar surface area (TPSA) is 29.5 Å². The van der Waals surface area contributed by atoms with Crippen LogP contribution in [0.5, 0.6) is 0 Å². The highest BCUT2D eigenvalue weighted by atomic mass is 16.3. The van der Waals surface area contributed by atoms with Crippen LogP contribution in [0.25, 0.3) is 77.3 Å². The SMILES string of the molecule is CC1(C)c2ccccc2-c2ccc(N(c3ccc4c(c3)C(C)(C)c3ccccc3-4)c3ccc4c(c3)oc3cc5c(cc34)oc3cc(-c4ccccc4)ccc35)cc21. The fourth-order valence-corrected chi connectivity index (χ4v) is 10.1. The van der Waals surface area contributed by atoms with Crippen molar-refractivity contribution >= 4 is 60.9 Å². The van der Waals surface area contributed by atoms with E-state index in [9.17, 15) is 0 Å². The molecule has 10 aromatic rings. The van der Waals surface area contributed by atoms with Gasteiger partial charge in [-0.2, -0.15) is 0 Å². The first kappa shape index (κ1) is 32.4. The zero-order valence-corrected chi connectivity index (χ0v) is 32.4. The van der Waals surface area contributed by atoms with Gasteiger partial charge in [0.1, 0.15) is 22.3 Å². The molecule has 0 N–H and O–H groups in total. The molecule has 0 saturated heterocycles. The fourth-order valence-electron chi connectivity index (χ4n) is 10.1. The number of benzene rings is 8. The van der Waals surface area contributed by atoms with E-state index in [1.54, 1.807) is 0 Å². The Balaban J connectivity index is 1.02. The maximum absolute atomic E-state index is 6.76. The summed E-state index contributed by atoms with van der Waals surface area (Å²) < 4.78 is 13.3. The Bertz CT molecular complexity index is 3200. The first-order valence-corrected chi connectivity index (χ1v) is 19.9. The van der Waals surface area contributed by atoms with Gasteiger partial charge < -0.3 is 13.7 Å². The quantitative estimate of drug-likeness (QED) is 0.180. The molecule has 0 radical (unpaired) electrons. The lowest BCUT2D eigenvalue weighted by Crippen LogP contribution is -2.18. The van der Waals surface area contributed by atoms with Gasteiger partial charge in [0.05, 0.1) is 0 Å². The summed E-state index contributed by atoms with van der Waals surface area (Å²) in [5.74, 6) is 0. The summed E-state index contributed by atoms with van der Waals surface area (Å²) in [6.07, 6.45) is 0. The second-order valence-electron chi connectivity index (χ2n) is 16.9. The Morgan fingerprint density at radius 3 is 1.35 bits per heavy atom. The van der Waals surface area contributed by atoms with Gasteiger partial charge in [0.2, 0.25) is 0 Å². The standard InChI is InChI=1S/C54H39NO2/c1-53(2)45-16-10-8-14-37(45)39-23-19-34(27-47(39)53)55(35-20-24-40-38-15-9-11-17-46(38)54(3,4)48(40)28-35)36-21-25-42-44-31-51-43(30-52(44)57-50(42)29-36)41-22-18-33(26-49(41)56-51)32-12-6-5-7-13-32/h5-31H,1-4H3. The van der Waals surface area contributed by atoms with Crippen molar-refractivity contribution in [3.8, 4) is 33.4 Å². The van der Waals surface area contributed by atoms with Gasteiger partial charge >= 0.3 is 0 Å². The average Bonchev–Trinajstić information content (AvgIpc) is 3.92. The van der Waals surface area contributed by atoms with E-state index < -0.39 is 0 Å². The molecule has 12 rings (SSSR count).